The maximum atomic E-state index is 12.7. The van der Waals surface area contributed by atoms with Crippen LogP contribution in [-0.4, -0.2) is 25.9 Å². The molecule has 0 aliphatic carbocycles. The summed E-state index contributed by atoms with van der Waals surface area (Å²) in [5.41, 5.74) is 0.202. The van der Waals surface area contributed by atoms with Gasteiger partial charge in [-0.2, -0.15) is 0 Å². The summed E-state index contributed by atoms with van der Waals surface area (Å²) in [5.74, 6) is -0.140. The molecule has 2 amide bonds. The molecule has 1 fully saturated rings. The molecule has 0 saturated carbocycles. The normalized spacial score (nSPS) is 14.9. The maximum absolute atomic E-state index is 12.7. The van der Waals surface area contributed by atoms with E-state index in [9.17, 15) is 29.8 Å². The summed E-state index contributed by atoms with van der Waals surface area (Å²) in [7, 11) is 0. The van der Waals surface area contributed by atoms with Crippen LogP contribution in [0, 0.1) is 20.2 Å². The number of hydrogen-bond acceptors (Lipinski definition) is 8. The van der Waals surface area contributed by atoms with E-state index >= 15 is 0 Å². The van der Waals surface area contributed by atoms with Crippen LogP contribution in [0.4, 0.5) is 16.2 Å². The van der Waals surface area contributed by atoms with Crippen molar-refractivity contribution in [2.24, 2.45) is 0 Å². The van der Waals surface area contributed by atoms with Crippen molar-refractivity contribution in [1.29, 1.82) is 0 Å². The monoisotopic (exact) mass is 451 g/mol. The Hall–Kier alpha value is -4.25. The molecule has 0 unspecified atom stereocenters. The number of carbonyl (C=O) groups excluding carboxylic acids is 2. The van der Waals surface area contributed by atoms with Gasteiger partial charge < -0.3 is 4.42 Å². The van der Waals surface area contributed by atoms with Gasteiger partial charge in [-0.25, -0.2) is 0 Å². The molecule has 0 N–H and O–H groups in total. The lowest BCUT2D eigenvalue weighted by Crippen LogP contribution is -2.27. The number of amides is 2. The van der Waals surface area contributed by atoms with E-state index in [-0.39, 0.29) is 45.5 Å². The van der Waals surface area contributed by atoms with Gasteiger partial charge >= 0.3 is 0 Å². The summed E-state index contributed by atoms with van der Waals surface area (Å²) < 4.78 is 5.64. The second-order valence-corrected chi connectivity index (χ2v) is 7.62. The first-order chi connectivity index (χ1) is 15.3. The number of nitro groups is 2. The molecule has 2 heterocycles. The van der Waals surface area contributed by atoms with E-state index in [1.54, 1.807) is 24.3 Å². The van der Waals surface area contributed by atoms with Crippen molar-refractivity contribution in [3.63, 3.8) is 0 Å². The molecule has 2 aromatic carbocycles. The minimum atomic E-state index is -0.609. The average Bonchev–Trinajstić information content (AvgIpc) is 3.34. The number of nitro benzene ring substituents is 2. The van der Waals surface area contributed by atoms with E-state index in [2.05, 4.69) is 0 Å². The molecule has 32 heavy (non-hydrogen) atoms. The lowest BCUT2D eigenvalue weighted by Gasteiger charge is -2.12. The molecular weight excluding hydrogens is 438 g/mol. The lowest BCUT2D eigenvalue weighted by molar-refractivity contribution is -0.385. The molecule has 0 bridgehead atoms. The first-order valence-corrected chi connectivity index (χ1v) is 9.98. The van der Waals surface area contributed by atoms with Gasteiger partial charge in [0.15, 0.2) is 0 Å². The minimum absolute atomic E-state index is 0.0806. The topological polar surface area (TPSA) is 137 Å². The van der Waals surface area contributed by atoms with Crippen LogP contribution in [0.3, 0.4) is 0 Å². The summed E-state index contributed by atoms with van der Waals surface area (Å²) in [6, 6.07) is 15.0. The van der Waals surface area contributed by atoms with Crippen molar-refractivity contribution >= 4 is 40.4 Å². The zero-order valence-electron chi connectivity index (χ0n) is 16.2. The van der Waals surface area contributed by atoms with E-state index < -0.39 is 21.0 Å². The largest absolute Gasteiger partial charge is 0.456 e. The summed E-state index contributed by atoms with van der Waals surface area (Å²) in [4.78, 5) is 47.4. The van der Waals surface area contributed by atoms with Gasteiger partial charge in [0, 0.05) is 23.8 Å². The Balaban J connectivity index is 1.58. The molecule has 11 heteroatoms. The SMILES string of the molecule is O=C1S/C(=C\c2ccc(-c3ccccc3[N+](=O)[O-])o2)C(=O)N1Cc1ccccc1[N+](=O)[O-]. The van der Waals surface area contributed by atoms with Gasteiger partial charge in [0.1, 0.15) is 11.5 Å². The minimum Gasteiger partial charge on any atom is -0.456 e. The van der Waals surface area contributed by atoms with Crippen LogP contribution >= 0.6 is 11.8 Å². The number of carbonyl (C=O) groups is 2. The molecule has 1 aromatic heterocycles. The number of thioether (sulfide) groups is 1. The van der Waals surface area contributed by atoms with Crippen molar-refractivity contribution in [3.8, 4) is 11.3 Å². The van der Waals surface area contributed by atoms with Crippen molar-refractivity contribution in [3.05, 3.63) is 97.1 Å². The smallest absolute Gasteiger partial charge is 0.293 e. The van der Waals surface area contributed by atoms with Crippen LogP contribution in [0.2, 0.25) is 0 Å². The predicted molar refractivity (Wildman–Crippen MR) is 115 cm³/mol. The average molecular weight is 451 g/mol. The highest BCUT2D eigenvalue weighted by molar-refractivity contribution is 8.18. The molecule has 0 atom stereocenters. The van der Waals surface area contributed by atoms with Crippen molar-refractivity contribution in [2.75, 3.05) is 0 Å². The predicted octanol–water partition coefficient (Wildman–Crippen LogP) is 5.00. The highest BCUT2D eigenvalue weighted by atomic mass is 32.2. The van der Waals surface area contributed by atoms with E-state index in [0.29, 0.717) is 11.8 Å². The third-order valence-corrected chi connectivity index (χ3v) is 5.56. The van der Waals surface area contributed by atoms with E-state index in [0.717, 1.165) is 4.90 Å². The molecule has 1 aliphatic rings. The summed E-state index contributed by atoms with van der Waals surface area (Å²) in [6.45, 7) is -0.237. The zero-order valence-corrected chi connectivity index (χ0v) is 17.0. The first kappa shape index (κ1) is 21.0. The second kappa shape index (κ2) is 8.47. The molecule has 160 valence electrons. The fourth-order valence-corrected chi connectivity index (χ4v) is 3.99. The van der Waals surface area contributed by atoms with E-state index in [4.69, 9.17) is 4.42 Å². The lowest BCUT2D eigenvalue weighted by atomic mass is 10.1. The van der Waals surface area contributed by atoms with E-state index in [1.807, 2.05) is 0 Å². The number of hydrogen-bond donors (Lipinski definition) is 0. The molecule has 3 aromatic rings. The van der Waals surface area contributed by atoms with Crippen LogP contribution in [0.1, 0.15) is 11.3 Å². The maximum Gasteiger partial charge on any atom is 0.293 e. The number of benzene rings is 2. The summed E-state index contributed by atoms with van der Waals surface area (Å²) in [5, 5.41) is 21.9. The van der Waals surface area contributed by atoms with Gasteiger partial charge in [-0.05, 0) is 30.0 Å². The van der Waals surface area contributed by atoms with Gasteiger partial charge in [0.05, 0.1) is 26.9 Å². The van der Waals surface area contributed by atoms with E-state index in [1.165, 1.54) is 42.5 Å². The molecule has 0 radical (unpaired) electrons. The Morgan fingerprint density at radius 1 is 0.906 bits per heavy atom. The van der Waals surface area contributed by atoms with Gasteiger partial charge in [0.25, 0.3) is 22.5 Å². The number of nitrogens with zero attached hydrogens (tertiary/aromatic N) is 3. The summed E-state index contributed by atoms with van der Waals surface area (Å²) >= 11 is 0.684. The Kier molecular flexibility index (Phi) is 5.56. The fourth-order valence-electron chi connectivity index (χ4n) is 3.17. The Labute approximate surface area is 184 Å². The number of furan rings is 1. The summed E-state index contributed by atoms with van der Waals surface area (Å²) in [6.07, 6.45) is 1.36. The molecular formula is C21H13N3O7S. The number of para-hydroxylation sites is 2. The fraction of sp³-hybridized carbons (Fsp3) is 0.0476. The first-order valence-electron chi connectivity index (χ1n) is 9.16. The van der Waals surface area contributed by atoms with Gasteiger partial charge in [-0.15, -0.1) is 0 Å². The second-order valence-electron chi connectivity index (χ2n) is 6.63. The highest BCUT2D eigenvalue weighted by Gasteiger charge is 2.36. The van der Waals surface area contributed by atoms with Gasteiger partial charge in [-0.1, -0.05) is 30.3 Å². The molecule has 10 nitrogen and oxygen atoms in total. The highest BCUT2D eigenvalue weighted by Crippen LogP contribution is 2.36. The van der Waals surface area contributed by atoms with Crippen molar-refractivity contribution < 1.29 is 23.9 Å². The van der Waals surface area contributed by atoms with Crippen molar-refractivity contribution in [2.45, 2.75) is 6.54 Å². The molecule has 0 spiro atoms. The van der Waals surface area contributed by atoms with Gasteiger partial charge in [-0.3, -0.25) is 34.7 Å². The third kappa shape index (κ3) is 4.01. The molecule has 4 rings (SSSR count). The van der Waals surface area contributed by atoms with Crippen LogP contribution < -0.4 is 0 Å². The Morgan fingerprint density at radius 2 is 1.56 bits per heavy atom. The molecule has 1 saturated heterocycles. The van der Waals surface area contributed by atoms with Gasteiger partial charge in [0.2, 0.25) is 0 Å². The van der Waals surface area contributed by atoms with Crippen molar-refractivity contribution in [1.82, 2.24) is 4.90 Å². The Bertz CT molecular complexity index is 1300. The number of rotatable bonds is 6. The molecule has 1 aliphatic heterocycles. The van der Waals surface area contributed by atoms with Crippen LogP contribution in [0.15, 0.2) is 70.0 Å². The van der Waals surface area contributed by atoms with Crippen LogP contribution in [0.25, 0.3) is 17.4 Å². The van der Waals surface area contributed by atoms with Crippen LogP contribution in [0.5, 0.6) is 0 Å². The standard InChI is InChI=1S/C21H13N3O7S/c25-20-19(32-21(26)22(20)12-13-5-1-3-7-16(13)23(27)28)11-14-9-10-18(31-14)15-6-2-4-8-17(15)24(29)30/h1-11H,12H2/b19-11-. The van der Waals surface area contributed by atoms with Crippen LogP contribution in [-0.2, 0) is 11.3 Å². The zero-order chi connectivity index (χ0) is 22.8. The quantitative estimate of drug-likeness (QED) is 0.290. The number of imide groups is 1. The third-order valence-electron chi connectivity index (χ3n) is 4.66. The Morgan fingerprint density at radius 3 is 2.28 bits per heavy atom.